The summed E-state index contributed by atoms with van der Waals surface area (Å²) in [6.45, 7) is 5.22. The van der Waals surface area contributed by atoms with E-state index < -0.39 is 0 Å². The molecule has 1 amide bonds. The third kappa shape index (κ3) is 5.15. The summed E-state index contributed by atoms with van der Waals surface area (Å²) in [6, 6.07) is 10.5. The summed E-state index contributed by atoms with van der Waals surface area (Å²) >= 11 is 0. The van der Waals surface area contributed by atoms with Gasteiger partial charge in [0.05, 0.1) is 0 Å². The van der Waals surface area contributed by atoms with Crippen LogP contribution in [0.15, 0.2) is 42.7 Å². The van der Waals surface area contributed by atoms with Gasteiger partial charge in [-0.2, -0.15) is 0 Å². The van der Waals surface area contributed by atoms with Crippen LogP contribution in [0.1, 0.15) is 42.4 Å². The SMILES string of the molecule is Cc1cnccc1CN1CC[C@H]2NC(=O)COc3ccccc3CCCC[C@H]2C1. The molecule has 2 aliphatic rings. The number of hydrogen-bond acceptors (Lipinski definition) is 4. The topological polar surface area (TPSA) is 54.5 Å². The maximum absolute atomic E-state index is 12.5. The van der Waals surface area contributed by atoms with Gasteiger partial charge in [0.15, 0.2) is 6.61 Å². The van der Waals surface area contributed by atoms with E-state index in [9.17, 15) is 4.79 Å². The van der Waals surface area contributed by atoms with Crippen LogP contribution in [0.4, 0.5) is 0 Å². The van der Waals surface area contributed by atoms with E-state index >= 15 is 0 Å². The number of benzene rings is 1. The van der Waals surface area contributed by atoms with Crippen molar-refractivity contribution in [2.24, 2.45) is 5.92 Å². The third-order valence-electron chi connectivity index (χ3n) is 6.30. The normalized spacial score (nSPS) is 23.6. The number of amides is 1. The molecule has 0 spiro atoms. The van der Waals surface area contributed by atoms with Gasteiger partial charge in [-0.15, -0.1) is 0 Å². The third-order valence-corrected chi connectivity index (χ3v) is 6.30. The molecule has 29 heavy (non-hydrogen) atoms. The lowest BCUT2D eigenvalue weighted by atomic mass is 9.86. The zero-order chi connectivity index (χ0) is 20.1. The quantitative estimate of drug-likeness (QED) is 0.848. The Kier molecular flexibility index (Phi) is 6.45. The maximum atomic E-state index is 12.5. The molecule has 0 unspecified atom stereocenters. The lowest BCUT2D eigenvalue weighted by Gasteiger charge is -2.39. The molecule has 4 rings (SSSR count). The highest BCUT2D eigenvalue weighted by Gasteiger charge is 2.30. The predicted molar refractivity (Wildman–Crippen MR) is 114 cm³/mol. The number of pyridine rings is 1. The zero-order valence-corrected chi connectivity index (χ0v) is 17.3. The molecular weight excluding hydrogens is 362 g/mol. The van der Waals surface area contributed by atoms with Gasteiger partial charge in [-0.05, 0) is 67.3 Å². The lowest BCUT2D eigenvalue weighted by Crippen LogP contribution is -2.51. The summed E-state index contributed by atoms with van der Waals surface area (Å²) in [5.74, 6) is 1.33. The number of ether oxygens (including phenoxy) is 1. The molecule has 1 aromatic heterocycles. The number of nitrogens with one attached hydrogen (secondary N) is 1. The first-order chi connectivity index (χ1) is 14.2. The van der Waals surface area contributed by atoms with Gasteiger partial charge in [0.2, 0.25) is 0 Å². The Morgan fingerprint density at radius 2 is 2.10 bits per heavy atom. The van der Waals surface area contributed by atoms with Crippen LogP contribution in [0, 0.1) is 12.8 Å². The number of piperidine rings is 1. The Balaban J connectivity index is 1.42. The van der Waals surface area contributed by atoms with Gasteiger partial charge >= 0.3 is 0 Å². The van der Waals surface area contributed by atoms with Crippen molar-refractivity contribution >= 4 is 5.91 Å². The molecule has 0 aliphatic carbocycles. The molecule has 2 atom stereocenters. The number of nitrogens with zero attached hydrogens (tertiary/aromatic N) is 2. The Morgan fingerprint density at radius 1 is 1.21 bits per heavy atom. The summed E-state index contributed by atoms with van der Waals surface area (Å²) in [5, 5.41) is 3.26. The van der Waals surface area contributed by atoms with E-state index in [0.29, 0.717) is 5.92 Å². The number of carbonyl (C=O) groups excluding carboxylic acids is 1. The van der Waals surface area contributed by atoms with Gasteiger partial charge in [-0.1, -0.05) is 24.6 Å². The Morgan fingerprint density at radius 3 is 3.00 bits per heavy atom. The van der Waals surface area contributed by atoms with Gasteiger partial charge < -0.3 is 10.1 Å². The number of fused-ring (bicyclic) bond motifs is 2. The average molecular weight is 394 g/mol. The van der Waals surface area contributed by atoms with Crippen molar-refractivity contribution in [1.29, 1.82) is 0 Å². The Hall–Kier alpha value is -2.40. The van der Waals surface area contributed by atoms with Crippen molar-refractivity contribution in [2.45, 2.75) is 51.6 Å². The van der Waals surface area contributed by atoms with Crippen LogP contribution in [0.3, 0.4) is 0 Å². The lowest BCUT2D eigenvalue weighted by molar-refractivity contribution is -0.124. The van der Waals surface area contributed by atoms with Gasteiger partial charge in [-0.3, -0.25) is 14.7 Å². The standard InChI is InChI=1S/C24H31N3O2/c1-18-14-25-12-10-20(18)15-27-13-11-22-21(16-27)8-3-2-6-19-7-4-5-9-23(19)29-17-24(28)26-22/h4-5,7,9-10,12,14,21-22H,2-3,6,8,11,13,15-17H2,1H3,(H,26,28)/t21-,22+/m0/s1. The molecule has 3 heterocycles. The average Bonchev–Trinajstić information content (AvgIpc) is 2.73. The minimum absolute atomic E-state index is 0.00574. The number of carbonyl (C=O) groups is 1. The molecule has 2 aliphatic heterocycles. The Bertz CT molecular complexity index is 838. The first kappa shape index (κ1) is 19.9. The van der Waals surface area contributed by atoms with E-state index in [2.05, 4.69) is 34.3 Å². The van der Waals surface area contributed by atoms with Crippen LogP contribution < -0.4 is 10.1 Å². The second kappa shape index (κ2) is 9.40. The van der Waals surface area contributed by atoms with E-state index in [-0.39, 0.29) is 18.6 Å². The van der Waals surface area contributed by atoms with E-state index in [1.165, 1.54) is 23.1 Å². The molecule has 1 aromatic carbocycles. The van der Waals surface area contributed by atoms with Gasteiger partial charge in [0.1, 0.15) is 5.75 Å². The molecule has 1 N–H and O–H groups in total. The highest BCUT2D eigenvalue weighted by Crippen LogP contribution is 2.27. The summed E-state index contributed by atoms with van der Waals surface area (Å²) in [5.41, 5.74) is 3.80. The molecule has 154 valence electrons. The van der Waals surface area contributed by atoms with Crippen molar-refractivity contribution in [3.63, 3.8) is 0 Å². The molecule has 1 saturated heterocycles. The van der Waals surface area contributed by atoms with Gasteiger partial charge in [-0.25, -0.2) is 0 Å². The van der Waals surface area contributed by atoms with Crippen LogP contribution in [-0.4, -0.2) is 41.5 Å². The molecule has 5 nitrogen and oxygen atoms in total. The van der Waals surface area contributed by atoms with E-state index in [4.69, 9.17) is 4.74 Å². The molecule has 0 saturated carbocycles. The first-order valence-corrected chi connectivity index (χ1v) is 10.8. The molecule has 5 heteroatoms. The number of rotatable bonds is 2. The molecular formula is C24H31N3O2. The summed E-state index contributed by atoms with van der Waals surface area (Å²) in [7, 11) is 0. The first-order valence-electron chi connectivity index (χ1n) is 10.8. The van der Waals surface area contributed by atoms with Crippen molar-refractivity contribution in [3.8, 4) is 5.75 Å². The van der Waals surface area contributed by atoms with Crippen LogP contribution in [0.25, 0.3) is 0 Å². The smallest absolute Gasteiger partial charge is 0.258 e. The number of likely N-dealkylation sites (tertiary alicyclic amines) is 1. The minimum atomic E-state index is -0.00574. The van der Waals surface area contributed by atoms with E-state index in [0.717, 1.165) is 51.1 Å². The summed E-state index contributed by atoms with van der Waals surface area (Å²) in [4.78, 5) is 19.3. The van der Waals surface area contributed by atoms with E-state index in [1.54, 1.807) is 0 Å². The Labute approximate surface area is 173 Å². The van der Waals surface area contributed by atoms with E-state index in [1.807, 2.05) is 30.6 Å². The largest absolute Gasteiger partial charge is 0.483 e. The van der Waals surface area contributed by atoms with Crippen LogP contribution in [0.5, 0.6) is 5.75 Å². The second-order valence-electron chi connectivity index (χ2n) is 8.40. The molecule has 1 fully saturated rings. The number of para-hydroxylation sites is 1. The number of aromatic nitrogens is 1. The van der Waals surface area contributed by atoms with Crippen molar-refractivity contribution < 1.29 is 9.53 Å². The molecule has 0 radical (unpaired) electrons. The molecule has 0 bridgehead atoms. The zero-order valence-electron chi connectivity index (χ0n) is 17.3. The number of aryl methyl sites for hydroxylation is 2. The van der Waals surface area contributed by atoms with Crippen LogP contribution >= 0.6 is 0 Å². The molecule has 2 aromatic rings. The maximum Gasteiger partial charge on any atom is 0.258 e. The highest BCUT2D eigenvalue weighted by atomic mass is 16.5. The van der Waals surface area contributed by atoms with Crippen molar-refractivity contribution in [2.75, 3.05) is 19.7 Å². The van der Waals surface area contributed by atoms with Crippen molar-refractivity contribution in [1.82, 2.24) is 15.2 Å². The van der Waals surface area contributed by atoms with Gasteiger partial charge in [0.25, 0.3) is 5.91 Å². The predicted octanol–water partition coefficient (Wildman–Crippen LogP) is 3.50. The fourth-order valence-electron chi connectivity index (χ4n) is 4.62. The summed E-state index contributed by atoms with van der Waals surface area (Å²) in [6.07, 6.45) is 9.31. The van der Waals surface area contributed by atoms with Crippen LogP contribution in [-0.2, 0) is 17.8 Å². The summed E-state index contributed by atoms with van der Waals surface area (Å²) < 4.78 is 5.84. The fourth-order valence-corrected chi connectivity index (χ4v) is 4.62. The fraction of sp³-hybridized carbons (Fsp3) is 0.500. The highest BCUT2D eigenvalue weighted by molar-refractivity contribution is 5.78. The van der Waals surface area contributed by atoms with Gasteiger partial charge in [0, 0.05) is 38.1 Å². The number of hydrogen-bond donors (Lipinski definition) is 1. The minimum Gasteiger partial charge on any atom is -0.483 e. The van der Waals surface area contributed by atoms with Crippen molar-refractivity contribution in [3.05, 3.63) is 59.4 Å². The second-order valence-corrected chi connectivity index (χ2v) is 8.40. The van der Waals surface area contributed by atoms with Crippen LogP contribution in [0.2, 0.25) is 0 Å². The monoisotopic (exact) mass is 393 g/mol.